The molecule has 0 aromatic heterocycles. The van der Waals surface area contributed by atoms with E-state index in [-0.39, 0.29) is 35.5 Å². The molecule has 1 aromatic carbocycles. The van der Waals surface area contributed by atoms with Crippen molar-refractivity contribution in [3.8, 4) is 0 Å². The molecule has 1 saturated heterocycles. The van der Waals surface area contributed by atoms with Crippen LogP contribution in [0.25, 0.3) is 0 Å². The molecule has 26 heavy (non-hydrogen) atoms. The summed E-state index contributed by atoms with van der Waals surface area (Å²) >= 11 is -1.58. The Hall–Kier alpha value is -0.905. The van der Waals surface area contributed by atoms with Crippen molar-refractivity contribution in [1.29, 1.82) is 0 Å². The summed E-state index contributed by atoms with van der Waals surface area (Å²) in [5, 5.41) is 10.5. The van der Waals surface area contributed by atoms with Gasteiger partial charge in [0.05, 0.1) is 0 Å². The molecule has 1 amide bonds. The van der Waals surface area contributed by atoms with Gasteiger partial charge in [-0.05, 0) is 0 Å². The van der Waals surface area contributed by atoms with Gasteiger partial charge in [0.1, 0.15) is 0 Å². The second kappa shape index (κ2) is 9.34. The van der Waals surface area contributed by atoms with Crippen LogP contribution in [0.1, 0.15) is 19.4 Å². The Labute approximate surface area is 168 Å². The topological polar surface area (TPSA) is 117 Å². The number of benzene rings is 1. The van der Waals surface area contributed by atoms with Crippen LogP contribution in [0.5, 0.6) is 0 Å². The average Bonchev–Trinajstić information content (AvgIpc) is 2.62. The number of hydrogen-bond acceptors (Lipinski definition) is 6. The zero-order chi connectivity index (χ0) is 19.4. The molecule has 3 atom stereocenters. The Morgan fingerprint density at radius 3 is 2.58 bits per heavy atom. The summed E-state index contributed by atoms with van der Waals surface area (Å²) in [5.41, 5.74) is 4.46. The number of esters is 1. The maximum absolute atomic E-state index is 12.6. The number of hydrogen-bond donors (Lipinski definition) is 1. The summed E-state index contributed by atoms with van der Waals surface area (Å²) in [6, 6.07) is 4.73. The number of ether oxygens (including phenoxy) is 1. The number of nitro benzene ring substituents is 1. The van der Waals surface area contributed by atoms with E-state index in [9.17, 15) is 19.7 Å². The van der Waals surface area contributed by atoms with Gasteiger partial charge in [-0.25, -0.2) is 0 Å². The van der Waals surface area contributed by atoms with Crippen LogP contribution >= 0.6 is 16.5 Å². The van der Waals surface area contributed by atoms with Gasteiger partial charge in [0.15, 0.2) is 0 Å². The number of non-ortho nitro benzene ring substituents is 1. The van der Waals surface area contributed by atoms with Crippen LogP contribution in [-0.4, -0.2) is 39.2 Å². The quantitative estimate of drug-likeness (QED) is 0.161. The van der Waals surface area contributed by atoms with E-state index < -0.39 is 38.8 Å². The molecule has 1 aliphatic heterocycles. The molecule has 2 rings (SSSR count). The van der Waals surface area contributed by atoms with Crippen molar-refractivity contribution >= 4 is 34.1 Å². The molecule has 1 heterocycles. The zero-order valence-electron chi connectivity index (χ0n) is 14.5. The summed E-state index contributed by atoms with van der Waals surface area (Å²) < 4.78 is 5.37. The Morgan fingerprint density at radius 1 is 1.46 bits per heavy atom. The van der Waals surface area contributed by atoms with E-state index in [0.29, 0.717) is 5.56 Å². The molecule has 8 nitrogen and oxygen atoms in total. The Morgan fingerprint density at radius 2 is 2.08 bits per heavy atom. The summed E-state index contributed by atoms with van der Waals surface area (Å²) in [4.78, 5) is 36.6. The fraction of sp³-hybridized carbons (Fsp3) is 0.467. The molecule has 11 heteroatoms. The zero-order valence-corrected chi connectivity index (χ0v) is 21.5. The molecule has 1 aromatic rings. The Bertz CT molecular complexity index is 690. The molecular formula is C15H19ClHgN3O5S+. The normalized spacial score (nSPS) is 20.3. The Kier molecular flexibility index (Phi) is 7.69. The monoisotopic (exact) mass is 590 g/mol. The summed E-state index contributed by atoms with van der Waals surface area (Å²) in [6.45, 7) is 3.70. The number of carbonyl (C=O) groups excluding carboxylic acids is 2. The molecule has 0 aliphatic carbocycles. The number of halogens is 1. The molecule has 0 spiro atoms. The summed E-state index contributed by atoms with van der Waals surface area (Å²) in [7, 11) is 7.56. The number of nitrogens with zero attached hydrogens (tertiary/aromatic N) is 2. The second-order valence-corrected chi connectivity index (χ2v) is 19.4. The molecule has 0 saturated carbocycles. The first-order valence-corrected chi connectivity index (χ1v) is 22.6. The van der Waals surface area contributed by atoms with Gasteiger partial charge in [0.25, 0.3) is 0 Å². The van der Waals surface area contributed by atoms with E-state index in [0.717, 1.165) is 0 Å². The van der Waals surface area contributed by atoms with E-state index in [1.54, 1.807) is 13.1 Å². The van der Waals surface area contributed by atoms with Crippen molar-refractivity contribution < 1.29 is 46.8 Å². The van der Waals surface area contributed by atoms with Crippen molar-refractivity contribution in [2.45, 2.75) is 37.9 Å². The number of β-lactam (4-membered cyclic amide) rings is 1. The number of amides is 1. The minimum atomic E-state index is -1.58. The van der Waals surface area contributed by atoms with E-state index in [1.807, 2.05) is 13.8 Å². The molecule has 0 radical (unpaired) electrons. The van der Waals surface area contributed by atoms with Crippen LogP contribution in [0.15, 0.2) is 24.3 Å². The third-order valence-corrected chi connectivity index (χ3v) is 13.9. The van der Waals surface area contributed by atoms with Gasteiger partial charge in [-0.3, -0.25) is 10.1 Å². The van der Waals surface area contributed by atoms with E-state index in [4.69, 9.17) is 13.0 Å². The average molecular weight is 589 g/mol. The van der Waals surface area contributed by atoms with Crippen LogP contribution in [0.3, 0.4) is 0 Å². The molecule has 0 unspecified atom stereocenters. The van der Waals surface area contributed by atoms with Crippen molar-refractivity contribution in [3.63, 3.8) is 0 Å². The molecule has 1 fully saturated rings. The van der Waals surface area contributed by atoms with E-state index in [1.165, 1.54) is 24.3 Å². The third-order valence-electron chi connectivity index (χ3n) is 4.12. The van der Waals surface area contributed by atoms with Crippen LogP contribution < -0.4 is 5.73 Å². The fourth-order valence-corrected chi connectivity index (χ4v) is 13.1. The third kappa shape index (κ3) is 4.68. The van der Waals surface area contributed by atoms with Crippen molar-refractivity contribution in [3.05, 3.63) is 39.9 Å². The summed E-state index contributed by atoms with van der Waals surface area (Å²) in [6.07, 6.45) is 0. The van der Waals surface area contributed by atoms with Crippen molar-refractivity contribution in [1.82, 2.24) is 4.90 Å². The minimum absolute atomic E-state index is 0.0107. The van der Waals surface area contributed by atoms with Gasteiger partial charge in [0.2, 0.25) is 0 Å². The van der Waals surface area contributed by atoms with Gasteiger partial charge >= 0.3 is 159 Å². The first-order chi connectivity index (χ1) is 12.3. The second-order valence-electron chi connectivity index (χ2n) is 6.24. The molecule has 1 aliphatic rings. The number of carbonyl (C=O) groups is 2. The Balaban J connectivity index is 2.04. The van der Waals surface area contributed by atoms with Gasteiger partial charge < -0.3 is 0 Å². The first-order valence-electron chi connectivity index (χ1n) is 8.00. The van der Waals surface area contributed by atoms with Crippen LogP contribution in [0.4, 0.5) is 5.69 Å². The number of likely N-dealkylation sites (tertiary alicyclic amines) is 1. The predicted molar refractivity (Wildman–Crippen MR) is 92.3 cm³/mol. The van der Waals surface area contributed by atoms with Crippen molar-refractivity contribution in [2.75, 3.05) is 0 Å². The van der Waals surface area contributed by atoms with Crippen LogP contribution in [-0.2, 0) is 42.8 Å². The predicted octanol–water partition coefficient (Wildman–Crippen LogP) is 1.33. The van der Waals surface area contributed by atoms with E-state index in [2.05, 4.69) is 5.73 Å². The van der Waals surface area contributed by atoms with Crippen molar-refractivity contribution in [2.24, 2.45) is 5.92 Å². The van der Waals surface area contributed by atoms with Gasteiger partial charge in [-0.1, -0.05) is 0 Å². The summed E-state index contributed by atoms with van der Waals surface area (Å²) in [5.74, 6) is -0.770. The maximum atomic E-state index is 12.6. The molecule has 138 valence electrons. The fourth-order valence-electron chi connectivity index (χ4n) is 2.77. The SMILES string of the molecule is CC(C)[C@H](C(=O)OCc1ccc([N+](=O)[O-])cc1)N1C(=O)[C@@H]([NH3+])[C@H]1[S][Hg][Cl]. The molecular weight excluding hydrogens is 570 g/mol. The standard InChI is InChI=1S/C15H19N3O5S.ClH.Hg/c1-8(2)12(17-13(19)11(16)14(17)24)15(20)23-7-9-3-5-10(6-4-9)18(21)22;;/h3-6,8,11-12,14,24H,7,16H2,1-2H3;1H;/q;;+2/p-1/t11-,12-,14-;;/m1../s1. The number of nitro groups is 1. The number of rotatable bonds is 8. The molecule has 0 bridgehead atoms. The number of quaternary nitrogens is 1. The van der Waals surface area contributed by atoms with E-state index >= 15 is 0 Å². The van der Waals surface area contributed by atoms with Crippen LogP contribution in [0, 0.1) is 16.0 Å². The van der Waals surface area contributed by atoms with Crippen LogP contribution in [0.2, 0.25) is 0 Å². The van der Waals surface area contributed by atoms with Gasteiger partial charge in [0, 0.05) is 0 Å². The van der Waals surface area contributed by atoms with Gasteiger partial charge in [-0.15, -0.1) is 0 Å². The first kappa shape index (κ1) is 21.4. The molecule has 3 N–H and O–H groups in total. The van der Waals surface area contributed by atoms with Gasteiger partial charge in [-0.2, -0.15) is 0 Å².